The highest BCUT2D eigenvalue weighted by Crippen LogP contribution is 2.40. The highest BCUT2D eigenvalue weighted by atomic mass is 19.4. The van der Waals surface area contributed by atoms with Crippen molar-refractivity contribution in [2.75, 3.05) is 6.61 Å². The number of benzene rings is 1. The fourth-order valence-corrected chi connectivity index (χ4v) is 2.92. The Morgan fingerprint density at radius 3 is 2.57 bits per heavy atom. The number of pyridine rings is 1. The molecule has 0 aliphatic heterocycles. The number of nitrogens with zero attached hydrogens (tertiary/aromatic N) is 3. The summed E-state index contributed by atoms with van der Waals surface area (Å²) < 4.78 is 47.9. The second-order valence-electron chi connectivity index (χ2n) is 6.47. The lowest BCUT2D eigenvalue weighted by atomic mass is 10.0. The predicted octanol–water partition coefficient (Wildman–Crippen LogP) is 4.79. The van der Waals surface area contributed by atoms with Crippen molar-refractivity contribution >= 4 is 16.8 Å². The summed E-state index contributed by atoms with van der Waals surface area (Å²) in [6, 6.07) is 9.46. The summed E-state index contributed by atoms with van der Waals surface area (Å²) in [6.45, 7) is 1.64. The van der Waals surface area contributed by atoms with E-state index in [4.69, 9.17) is 4.74 Å². The number of hydrogen-bond donors (Lipinski definition) is 0. The van der Waals surface area contributed by atoms with Gasteiger partial charge in [-0.2, -0.15) is 23.3 Å². The molecule has 5 nitrogen and oxygen atoms in total. The lowest BCUT2D eigenvalue weighted by Crippen LogP contribution is -2.13. The number of Topliss-reactive ketones (excluding diaryl/α,β-unsaturated/α-hetero) is 1. The zero-order chi connectivity index (χ0) is 20.3. The van der Waals surface area contributed by atoms with Crippen molar-refractivity contribution in [2.45, 2.75) is 32.4 Å². The maximum Gasteiger partial charge on any atom is 0.417 e. The van der Waals surface area contributed by atoms with E-state index >= 15 is 0 Å². The molecular formula is C20H20F3N3O2. The highest BCUT2D eigenvalue weighted by molar-refractivity contribution is 5.94. The molecule has 8 heteroatoms. The van der Waals surface area contributed by atoms with Crippen LogP contribution in [-0.2, 0) is 18.0 Å². The molecule has 0 radical (unpaired) electrons. The fourth-order valence-electron chi connectivity index (χ4n) is 2.92. The van der Waals surface area contributed by atoms with E-state index in [1.165, 1.54) is 11.7 Å². The molecule has 148 valence electrons. The maximum absolute atomic E-state index is 13.8. The van der Waals surface area contributed by atoms with Crippen LogP contribution < -0.4 is 4.74 Å². The Bertz CT molecular complexity index is 982. The van der Waals surface area contributed by atoms with Crippen LogP contribution in [0.5, 0.6) is 5.88 Å². The number of fused-ring (bicyclic) bond motifs is 1. The first-order valence-electron chi connectivity index (χ1n) is 8.96. The van der Waals surface area contributed by atoms with E-state index < -0.39 is 11.7 Å². The normalized spacial score (nSPS) is 11.8. The molecule has 2 aromatic heterocycles. The van der Waals surface area contributed by atoms with Crippen LogP contribution in [0.15, 0.2) is 36.4 Å². The van der Waals surface area contributed by atoms with Gasteiger partial charge in [0.1, 0.15) is 12.3 Å². The molecule has 3 rings (SSSR count). The van der Waals surface area contributed by atoms with E-state index in [1.54, 1.807) is 30.3 Å². The van der Waals surface area contributed by atoms with Crippen molar-refractivity contribution in [1.82, 2.24) is 14.8 Å². The van der Waals surface area contributed by atoms with Crippen molar-refractivity contribution in [1.29, 1.82) is 0 Å². The minimum atomic E-state index is -4.63. The van der Waals surface area contributed by atoms with Gasteiger partial charge in [-0.3, -0.25) is 4.79 Å². The molecule has 28 heavy (non-hydrogen) atoms. The van der Waals surface area contributed by atoms with Gasteiger partial charge in [0, 0.05) is 25.1 Å². The molecule has 3 aromatic rings. The van der Waals surface area contributed by atoms with Crippen LogP contribution in [0.4, 0.5) is 13.2 Å². The second-order valence-corrected chi connectivity index (χ2v) is 6.47. The Hall–Kier alpha value is -2.90. The summed E-state index contributed by atoms with van der Waals surface area (Å²) >= 11 is 0. The average molecular weight is 391 g/mol. The molecular weight excluding hydrogens is 371 g/mol. The zero-order valence-corrected chi connectivity index (χ0v) is 15.6. The highest BCUT2D eigenvalue weighted by Gasteiger charge is 2.36. The van der Waals surface area contributed by atoms with E-state index in [1.807, 2.05) is 6.92 Å². The van der Waals surface area contributed by atoms with Crippen LogP contribution in [0.1, 0.15) is 31.7 Å². The number of aryl methyl sites for hydroxylation is 1. The summed E-state index contributed by atoms with van der Waals surface area (Å²) in [5.74, 6) is -0.417. The number of ketones is 1. The van der Waals surface area contributed by atoms with E-state index in [0.29, 0.717) is 18.4 Å². The molecule has 0 fully saturated rings. The molecule has 2 heterocycles. The Kier molecular flexibility index (Phi) is 5.67. The molecule has 0 amide bonds. The minimum Gasteiger partial charge on any atom is -0.470 e. The third-order valence-electron chi connectivity index (χ3n) is 4.31. The molecule has 0 atom stereocenters. The minimum absolute atomic E-state index is 0.0460. The van der Waals surface area contributed by atoms with Crippen LogP contribution in [0.25, 0.3) is 22.3 Å². The summed E-state index contributed by atoms with van der Waals surface area (Å²) in [5, 5.41) is 4.15. The number of rotatable bonds is 7. The van der Waals surface area contributed by atoms with Gasteiger partial charge in [-0.1, -0.05) is 43.7 Å². The number of ether oxygens (including phenoxy) is 1. The Morgan fingerprint density at radius 2 is 1.93 bits per heavy atom. The van der Waals surface area contributed by atoms with Gasteiger partial charge in [-0.05, 0) is 6.42 Å². The number of aromatic nitrogens is 3. The third kappa shape index (κ3) is 4.16. The lowest BCUT2D eigenvalue weighted by molar-refractivity contribution is -0.136. The van der Waals surface area contributed by atoms with Crippen molar-refractivity contribution in [3.8, 4) is 17.1 Å². The van der Waals surface area contributed by atoms with Crippen molar-refractivity contribution in [2.24, 2.45) is 7.05 Å². The molecule has 0 saturated carbocycles. The van der Waals surface area contributed by atoms with Crippen LogP contribution in [0, 0.1) is 0 Å². The van der Waals surface area contributed by atoms with Gasteiger partial charge in [0.25, 0.3) is 0 Å². The van der Waals surface area contributed by atoms with Crippen molar-refractivity contribution in [3.63, 3.8) is 0 Å². The molecule has 0 aliphatic rings. The van der Waals surface area contributed by atoms with Gasteiger partial charge >= 0.3 is 6.18 Å². The monoisotopic (exact) mass is 391 g/mol. The smallest absolute Gasteiger partial charge is 0.417 e. The zero-order valence-electron chi connectivity index (χ0n) is 15.6. The lowest BCUT2D eigenvalue weighted by Gasteiger charge is -2.12. The SMILES string of the molecule is CCCCC(=O)COc1cc(C(F)(F)F)c2c(-c3ccccc3)nn(C)c2n1. The Balaban J connectivity index is 2.06. The first kappa shape index (κ1) is 19.9. The van der Waals surface area contributed by atoms with E-state index in [-0.39, 0.29) is 35.0 Å². The quantitative estimate of drug-likeness (QED) is 0.581. The Labute approximate surface area is 160 Å². The van der Waals surface area contributed by atoms with Gasteiger partial charge in [-0.15, -0.1) is 0 Å². The van der Waals surface area contributed by atoms with E-state index in [2.05, 4.69) is 10.1 Å². The number of unbranched alkanes of at least 4 members (excludes halogenated alkanes) is 1. The largest absolute Gasteiger partial charge is 0.470 e. The maximum atomic E-state index is 13.8. The van der Waals surface area contributed by atoms with Crippen LogP contribution in [0.2, 0.25) is 0 Å². The Morgan fingerprint density at radius 1 is 1.21 bits per heavy atom. The molecule has 0 saturated heterocycles. The summed E-state index contributed by atoms with van der Waals surface area (Å²) in [4.78, 5) is 16.0. The number of halogens is 3. The van der Waals surface area contributed by atoms with Crippen molar-refractivity contribution < 1.29 is 22.7 Å². The summed E-state index contributed by atoms with van der Waals surface area (Å²) in [7, 11) is 1.53. The molecule has 0 unspecified atom stereocenters. The molecule has 1 aromatic carbocycles. The third-order valence-corrected chi connectivity index (χ3v) is 4.31. The number of carbonyl (C=O) groups excluding carboxylic acids is 1. The average Bonchev–Trinajstić information content (AvgIpc) is 3.00. The van der Waals surface area contributed by atoms with Gasteiger partial charge < -0.3 is 4.74 Å². The first-order valence-corrected chi connectivity index (χ1v) is 8.96. The van der Waals surface area contributed by atoms with Gasteiger partial charge in [-0.25, -0.2) is 4.68 Å². The molecule has 0 N–H and O–H groups in total. The standard InChI is InChI=1S/C20H20F3N3O2/c1-3-4-10-14(27)12-28-16-11-15(20(21,22)23)17-18(13-8-6-5-7-9-13)25-26(2)19(17)24-16/h5-9,11H,3-4,10,12H2,1-2H3. The topological polar surface area (TPSA) is 57.0 Å². The molecule has 0 aliphatic carbocycles. The predicted molar refractivity (Wildman–Crippen MR) is 99.0 cm³/mol. The molecule has 0 bridgehead atoms. The van der Waals surface area contributed by atoms with Crippen LogP contribution in [-0.4, -0.2) is 27.2 Å². The first-order chi connectivity index (χ1) is 13.3. The summed E-state index contributed by atoms with van der Waals surface area (Å²) in [5.41, 5.74) is -0.0857. The summed E-state index contributed by atoms with van der Waals surface area (Å²) in [6.07, 6.45) is -2.73. The number of carbonyl (C=O) groups is 1. The van der Waals surface area contributed by atoms with Crippen LogP contribution >= 0.6 is 0 Å². The van der Waals surface area contributed by atoms with Crippen LogP contribution in [0.3, 0.4) is 0 Å². The second kappa shape index (κ2) is 8.00. The fraction of sp³-hybridized carbons (Fsp3) is 0.350. The van der Waals surface area contributed by atoms with Gasteiger partial charge in [0.05, 0.1) is 10.9 Å². The molecule has 0 spiro atoms. The van der Waals surface area contributed by atoms with E-state index in [0.717, 1.165) is 12.5 Å². The van der Waals surface area contributed by atoms with Gasteiger partial charge in [0.2, 0.25) is 5.88 Å². The number of hydrogen-bond acceptors (Lipinski definition) is 4. The van der Waals surface area contributed by atoms with E-state index in [9.17, 15) is 18.0 Å². The van der Waals surface area contributed by atoms with Gasteiger partial charge in [0.15, 0.2) is 11.4 Å². The number of alkyl halides is 3. The van der Waals surface area contributed by atoms with Crippen molar-refractivity contribution in [3.05, 3.63) is 42.0 Å².